The highest BCUT2D eigenvalue weighted by Crippen LogP contribution is 2.36. The molecule has 2 aromatic heterocycles. The number of rotatable bonds is 5. The lowest BCUT2D eigenvalue weighted by Gasteiger charge is -2.33. The van der Waals surface area contributed by atoms with Crippen molar-refractivity contribution in [3.63, 3.8) is 0 Å². The van der Waals surface area contributed by atoms with Gasteiger partial charge < -0.3 is 10.4 Å². The Morgan fingerprint density at radius 1 is 1.12 bits per heavy atom. The summed E-state index contributed by atoms with van der Waals surface area (Å²) in [6.07, 6.45) is 7.20. The van der Waals surface area contributed by atoms with Gasteiger partial charge in [0.2, 0.25) is 0 Å². The number of nitrogens with zero attached hydrogens (tertiary/aromatic N) is 4. The Balaban J connectivity index is 1.28. The molecule has 4 rings (SSSR count). The predicted octanol–water partition coefficient (Wildman–Crippen LogP) is 2.19. The SMILES string of the molecule is OC1CC(c2cc(NC3CCN(Cc4ccccn4)CC3)ncn2)C1. The number of hydrogen-bond donors (Lipinski definition) is 2. The molecule has 2 fully saturated rings. The molecule has 3 heterocycles. The summed E-state index contributed by atoms with van der Waals surface area (Å²) in [7, 11) is 0. The van der Waals surface area contributed by atoms with E-state index in [1.807, 2.05) is 18.3 Å². The van der Waals surface area contributed by atoms with Crippen LogP contribution in [0, 0.1) is 0 Å². The van der Waals surface area contributed by atoms with Crippen molar-refractivity contribution in [2.45, 2.75) is 50.3 Å². The zero-order chi connectivity index (χ0) is 17.1. The van der Waals surface area contributed by atoms with Gasteiger partial charge in [0, 0.05) is 49.6 Å². The minimum absolute atomic E-state index is 0.153. The largest absolute Gasteiger partial charge is 0.393 e. The molecule has 2 aliphatic rings. The highest BCUT2D eigenvalue weighted by molar-refractivity contribution is 5.37. The minimum atomic E-state index is -0.153. The Hall–Kier alpha value is -2.05. The van der Waals surface area contributed by atoms with Crippen LogP contribution in [0.15, 0.2) is 36.8 Å². The normalized spacial score (nSPS) is 24.7. The van der Waals surface area contributed by atoms with Gasteiger partial charge in [0.25, 0.3) is 0 Å². The lowest BCUT2D eigenvalue weighted by atomic mass is 9.80. The van der Waals surface area contributed by atoms with Crippen molar-refractivity contribution in [1.82, 2.24) is 19.9 Å². The Morgan fingerprint density at radius 3 is 2.68 bits per heavy atom. The molecule has 0 radical (unpaired) electrons. The van der Waals surface area contributed by atoms with Gasteiger partial charge in [-0.05, 0) is 37.8 Å². The van der Waals surface area contributed by atoms with E-state index in [1.54, 1.807) is 6.33 Å². The van der Waals surface area contributed by atoms with E-state index in [4.69, 9.17) is 0 Å². The van der Waals surface area contributed by atoms with E-state index in [0.29, 0.717) is 12.0 Å². The number of nitrogens with one attached hydrogen (secondary N) is 1. The van der Waals surface area contributed by atoms with E-state index in [0.717, 1.165) is 62.5 Å². The van der Waals surface area contributed by atoms with Crippen molar-refractivity contribution >= 4 is 5.82 Å². The molecule has 1 saturated carbocycles. The Kier molecular flexibility index (Phi) is 4.90. The average Bonchev–Trinajstić information content (AvgIpc) is 2.62. The van der Waals surface area contributed by atoms with Crippen LogP contribution in [-0.2, 0) is 6.54 Å². The molecule has 0 aromatic carbocycles. The van der Waals surface area contributed by atoms with Crippen LogP contribution in [0.1, 0.15) is 43.0 Å². The fraction of sp³-hybridized carbons (Fsp3) is 0.526. The standard InChI is InChI=1S/C19H25N5O/c25-17-9-14(10-17)18-11-19(22-13-21-18)23-15-4-7-24(8-5-15)12-16-3-1-2-6-20-16/h1-3,6,11,13-15,17,25H,4-5,7-10,12H2,(H,21,22,23). The summed E-state index contributed by atoms with van der Waals surface area (Å²) in [5.41, 5.74) is 2.19. The van der Waals surface area contributed by atoms with E-state index in [9.17, 15) is 5.11 Å². The molecule has 0 spiro atoms. The van der Waals surface area contributed by atoms with Crippen LogP contribution in [0.5, 0.6) is 0 Å². The van der Waals surface area contributed by atoms with Gasteiger partial charge in [-0.25, -0.2) is 9.97 Å². The molecule has 2 aromatic rings. The molecule has 2 N–H and O–H groups in total. The maximum absolute atomic E-state index is 9.47. The second-order valence-electron chi connectivity index (χ2n) is 7.17. The van der Waals surface area contributed by atoms with Gasteiger partial charge in [0.15, 0.2) is 0 Å². The molecule has 1 aliphatic carbocycles. The minimum Gasteiger partial charge on any atom is -0.393 e. The molecule has 1 saturated heterocycles. The molecule has 25 heavy (non-hydrogen) atoms. The first-order chi connectivity index (χ1) is 12.3. The zero-order valence-electron chi connectivity index (χ0n) is 14.4. The third-order valence-corrected chi connectivity index (χ3v) is 5.27. The van der Waals surface area contributed by atoms with E-state index >= 15 is 0 Å². The summed E-state index contributed by atoms with van der Waals surface area (Å²) in [6, 6.07) is 8.60. The van der Waals surface area contributed by atoms with Gasteiger partial charge in [-0.3, -0.25) is 9.88 Å². The third-order valence-electron chi connectivity index (χ3n) is 5.27. The lowest BCUT2D eigenvalue weighted by Crippen LogP contribution is -2.39. The van der Waals surface area contributed by atoms with Gasteiger partial charge in [-0.1, -0.05) is 6.07 Å². The quantitative estimate of drug-likeness (QED) is 0.870. The first-order valence-electron chi connectivity index (χ1n) is 9.15. The Labute approximate surface area is 148 Å². The second kappa shape index (κ2) is 7.45. The molecular weight excluding hydrogens is 314 g/mol. The molecule has 0 bridgehead atoms. The number of pyridine rings is 1. The molecule has 1 aliphatic heterocycles. The molecular formula is C19H25N5O. The van der Waals surface area contributed by atoms with Crippen molar-refractivity contribution in [3.05, 3.63) is 48.2 Å². The fourth-order valence-corrected chi connectivity index (χ4v) is 3.67. The van der Waals surface area contributed by atoms with Gasteiger partial charge in [0.05, 0.1) is 11.8 Å². The summed E-state index contributed by atoms with van der Waals surface area (Å²) in [5.74, 6) is 1.30. The van der Waals surface area contributed by atoms with E-state index in [2.05, 4.69) is 37.3 Å². The van der Waals surface area contributed by atoms with Crippen LogP contribution in [0.2, 0.25) is 0 Å². The number of aromatic nitrogens is 3. The number of likely N-dealkylation sites (tertiary alicyclic amines) is 1. The van der Waals surface area contributed by atoms with E-state index < -0.39 is 0 Å². The first kappa shape index (κ1) is 16.4. The Morgan fingerprint density at radius 2 is 1.96 bits per heavy atom. The molecule has 6 heteroatoms. The fourth-order valence-electron chi connectivity index (χ4n) is 3.67. The number of aliphatic hydroxyl groups is 1. The summed E-state index contributed by atoms with van der Waals surface area (Å²) in [6.45, 7) is 3.07. The molecule has 6 nitrogen and oxygen atoms in total. The molecule has 0 atom stereocenters. The van der Waals surface area contributed by atoms with Crippen LogP contribution in [0.3, 0.4) is 0 Å². The summed E-state index contributed by atoms with van der Waals surface area (Å²) in [4.78, 5) is 15.6. The molecule has 132 valence electrons. The third kappa shape index (κ3) is 4.14. The van der Waals surface area contributed by atoms with Gasteiger partial charge in [-0.15, -0.1) is 0 Å². The Bertz CT molecular complexity index is 681. The van der Waals surface area contributed by atoms with Gasteiger partial charge in [-0.2, -0.15) is 0 Å². The van der Waals surface area contributed by atoms with Crippen LogP contribution in [0.4, 0.5) is 5.82 Å². The number of hydrogen-bond acceptors (Lipinski definition) is 6. The van der Waals surface area contributed by atoms with Crippen molar-refractivity contribution < 1.29 is 5.11 Å². The van der Waals surface area contributed by atoms with Crippen LogP contribution in [0.25, 0.3) is 0 Å². The highest BCUT2D eigenvalue weighted by atomic mass is 16.3. The molecule has 0 amide bonds. The average molecular weight is 339 g/mol. The van der Waals surface area contributed by atoms with Crippen molar-refractivity contribution in [2.24, 2.45) is 0 Å². The topological polar surface area (TPSA) is 74.2 Å². The predicted molar refractivity (Wildman–Crippen MR) is 96.2 cm³/mol. The maximum atomic E-state index is 9.47. The highest BCUT2D eigenvalue weighted by Gasteiger charge is 2.30. The van der Waals surface area contributed by atoms with Crippen molar-refractivity contribution in [2.75, 3.05) is 18.4 Å². The first-order valence-corrected chi connectivity index (χ1v) is 9.15. The van der Waals surface area contributed by atoms with Gasteiger partial charge >= 0.3 is 0 Å². The van der Waals surface area contributed by atoms with Crippen molar-refractivity contribution in [1.29, 1.82) is 0 Å². The summed E-state index contributed by atoms with van der Waals surface area (Å²) >= 11 is 0. The summed E-state index contributed by atoms with van der Waals surface area (Å²) < 4.78 is 0. The van der Waals surface area contributed by atoms with E-state index in [-0.39, 0.29) is 6.10 Å². The number of piperidine rings is 1. The maximum Gasteiger partial charge on any atom is 0.129 e. The number of anilines is 1. The second-order valence-corrected chi connectivity index (χ2v) is 7.17. The van der Waals surface area contributed by atoms with Crippen LogP contribution in [-0.4, -0.2) is 50.2 Å². The monoisotopic (exact) mass is 339 g/mol. The lowest BCUT2D eigenvalue weighted by molar-refractivity contribution is 0.0732. The van der Waals surface area contributed by atoms with Crippen molar-refractivity contribution in [3.8, 4) is 0 Å². The zero-order valence-corrected chi connectivity index (χ0v) is 14.4. The van der Waals surface area contributed by atoms with Crippen LogP contribution >= 0.6 is 0 Å². The van der Waals surface area contributed by atoms with E-state index in [1.165, 1.54) is 0 Å². The van der Waals surface area contributed by atoms with Crippen LogP contribution < -0.4 is 5.32 Å². The smallest absolute Gasteiger partial charge is 0.129 e. The summed E-state index contributed by atoms with van der Waals surface area (Å²) in [5, 5.41) is 13.0. The van der Waals surface area contributed by atoms with Gasteiger partial charge in [0.1, 0.15) is 12.1 Å². The molecule has 0 unspecified atom stereocenters. The number of aliphatic hydroxyl groups excluding tert-OH is 1.